The van der Waals surface area contributed by atoms with Crippen molar-refractivity contribution in [3.8, 4) is 0 Å². The van der Waals surface area contributed by atoms with Crippen LogP contribution in [0.15, 0.2) is 24.5 Å². The van der Waals surface area contributed by atoms with E-state index in [1.165, 1.54) is 18.4 Å². The van der Waals surface area contributed by atoms with Gasteiger partial charge in [-0.15, -0.1) is 0 Å². The van der Waals surface area contributed by atoms with Crippen LogP contribution in [0.3, 0.4) is 0 Å². The lowest BCUT2D eigenvalue weighted by Gasteiger charge is -2.33. The highest BCUT2D eigenvalue weighted by atomic mass is 15.1. The molecule has 0 aliphatic carbocycles. The Morgan fingerprint density at radius 2 is 2.00 bits per heavy atom. The molecule has 1 atom stereocenters. The summed E-state index contributed by atoms with van der Waals surface area (Å²) in [5.41, 5.74) is 1.74. The summed E-state index contributed by atoms with van der Waals surface area (Å²) in [4.78, 5) is 6.51. The van der Waals surface area contributed by atoms with Crippen LogP contribution in [-0.4, -0.2) is 43.6 Å². The first-order valence-corrected chi connectivity index (χ1v) is 7.31. The topological polar surface area (TPSA) is 28.2 Å². The molecule has 3 nitrogen and oxygen atoms in total. The summed E-state index contributed by atoms with van der Waals surface area (Å²) < 4.78 is 0. The van der Waals surface area contributed by atoms with Crippen LogP contribution in [0, 0.1) is 5.41 Å². The summed E-state index contributed by atoms with van der Waals surface area (Å²) in [6.45, 7) is 7.99. The van der Waals surface area contributed by atoms with Gasteiger partial charge in [-0.3, -0.25) is 4.98 Å². The Morgan fingerprint density at radius 3 is 2.58 bits per heavy atom. The highest BCUT2D eigenvalue weighted by Gasteiger charge is 2.24. The average molecular weight is 263 g/mol. The van der Waals surface area contributed by atoms with Crippen LogP contribution in [0.2, 0.25) is 0 Å². The van der Waals surface area contributed by atoms with Crippen LogP contribution in [0.5, 0.6) is 0 Å². The van der Waals surface area contributed by atoms with E-state index in [0.717, 1.165) is 26.1 Å². The number of hydrogen-bond acceptors (Lipinski definition) is 3. The Balaban J connectivity index is 2.42. The van der Waals surface area contributed by atoms with Crippen LogP contribution >= 0.6 is 0 Å². The van der Waals surface area contributed by atoms with Gasteiger partial charge in [0.25, 0.3) is 0 Å². The van der Waals surface area contributed by atoms with E-state index < -0.39 is 0 Å². The SMILES string of the molecule is CCCC(C)(CNC)CN(C)CCc1ccncc1. The maximum absolute atomic E-state index is 4.06. The van der Waals surface area contributed by atoms with Gasteiger partial charge >= 0.3 is 0 Å². The number of aromatic nitrogens is 1. The molecule has 0 bridgehead atoms. The molecule has 0 spiro atoms. The largest absolute Gasteiger partial charge is 0.319 e. The second-order valence-corrected chi connectivity index (χ2v) is 5.93. The summed E-state index contributed by atoms with van der Waals surface area (Å²) in [5.74, 6) is 0. The highest BCUT2D eigenvalue weighted by molar-refractivity contribution is 5.09. The lowest BCUT2D eigenvalue weighted by Crippen LogP contribution is -2.40. The second kappa shape index (κ2) is 8.28. The predicted octanol–water partition coefficient (Wildman–Crippen LogP) is 2.58. The van der Waals surface area contributed by atoms with Crippen LogP contribution in [0.25, 0.3) is 0 Å². The molecular formula is C16H29N3. The Kier molecular flexibility index (Phi) is 7.03. The van der Waals surface area contributed by atoms with Crippen molar-refractivity contribution in [1.29, 1.82) is 0 Å². The first-order chi connectivity index (χ1) is 9.09. The summed E-state index contributed by atoms with van der Waals surface area (Å²) >= 11 is 0. The molecule has 0 saturated carbocycles. The molecule has 1 N–H and O–H groups in total. The zero-order valence-electron chi connectivity index (χ0n) is 12.9. The molecule has 19 heavy (non-hydrogen) atoms. The lowest BCUT2D eigenvalue weighted by molar-refractivity contribution is 0.177. The van der Waals surface area contributed by atoms with Gasteiger partial charge in [0.2, 0.25) is 0 Å². The monoisotopic (exact) mass is 263 g/mol. The van der Waals surface area contributed by atoms with Gasteiger partial charge in [0.05, 0.1) is 0 Å². The van der Waals surface area contributed by atoms with E-state index in [1.54, 1.807) is 0 Å². The molecule has 0 radical (unpaired) electrons. The number of pyridine rings is 1. The van der Waals surface area contributed by atoms with Crippen molar-refractivity contribution in [2.45, 2.75) is 33.1 Å². The van der Waals surface area contributed by atoms with Crippen molar-refractivity contribution < 1.29 is 0 Å². The molecule has 1 aromatic rings. The maximum Gasteiger partial charge on any atom is 0.0270 e. The van der Waals surface area contributed by atoms with E-state index in [1.807, 2.05) is 19.4 Å². The van der Waals surface area contributed by atoms with Gasteiger partial charge in [0, 0.05) is 32.0 Å². The minimum absolute atomic E-state index is 0.372. The first-order valence-electron chi connectivity index (χ1n) is 7.31. The molecule has 1 aromatic heterocycles. The standard InChI is InChI=1S/C16H29N3/c1-5-9-16(2,13-17-3)14-19(4)12-8-15-6-10-18-11-7-15/h6-7,10-11,17H,5,8-9,12-14H2,1-4H3. The van der Waals surface area contributed by atoms with Crippen LogP contribution < -0.4 is 5.32 Å². The van der Waals surface area contributed by atoms with Gasteiger partial charge in [-0.25, -0.2) is 0 Å². The molecule has 1 rings (SSSR count). The third-order valence-corrected chi connectivity index (χ3v) is 3.64. The van der Waals surface area contributed by atoms with Crippen molar-refractivity contribution in [3.63, 3.8) is 0 Å². The van der Waals surface area contributed by atoms with E-state index in [2.05, 4.69) is 48.2 Å². The lowest BCUT2D eigenvalue weighted by atomic mass is 9.85. The molecule has 0 fully saturated rings. The molecule has 0 saturated heterocycles. The minimum Gasteiger partial charge on any atom is -0.319 e. The predicted molar refractivity (Wildman–Crippen MR) is 82.4 cm³/mol. The molecule has 0 amide bonds. The zero-order chi connectivity index (χ0) is 14.1. The van der Waals surface area contributed by atoms with Gasteiger partial charge in [-0.1, -0.05) is 20.3 Å². The fourth-order valence-electron chi connectivity index (χ4n) is 2.85. The van der Waals surface area contributed by atoms with Crippen LogP contribution in [-0.2, 0) is 6.42 Å². The van der Waals surface area contributed by atoms with Crippen molar-refractivity contribution in [2.24, 2.45) is 5.41 Å². The first kappa shape index (κ1) is 16.1. The van der Waals surface area contributed by atoms with Crippen molar-refractivity contribution >= 4 is 0 Å². The number of nitrogens with one attached hydrogen (secondary N) is 1. The van der Waals surface area contributed by atoms with Gasteiger partial charge in [-0.2, -0.15) is 0 Å². The summed E-state index contributed by atoms with van der Waals surface area (Å²) in [6.07, 6.45) is 7.36. The second-order valence-electron chi connectivity index (χ2n) is 5.93. The molecule has 108 valence electrons. The third-order valence-electron chi connectivity index (χ3n) is 3.64. The van der Waals surface area contributed by atoms with E-state index in [4.69, 9.17) is 0 Å². The number of likely N-dealkylation sites (N-methyl/N-ethyl adjacent to an activating group) is 1. The number of rotatable bonds is 9. The third kappa shape index (κ3) is 6.17. The highest BCUT2D eigenvalue weighted by Crippen LogP contribution is 2.23. The summed E-state index contributed by atoms with van der Waals surface area (Å²) in [6, 6.07) is 4.21. The Morgan fingerprint density at radius 1 is 1.32 bits per heavy atom. The van der Waals surface area contributed by atoms with Gasteiger partial charge in [0.15, 0.2) is 0 Å². The summed E-state index contributed by atoms with van der Waals surface area (Å²) in [5, 5.41) is 3.34. The van der Waals surface area contributed by atoms with E-state index in [-0.39, 0.29) is 0 Å². The van der Waals surface area contributed by atoms with E-state index in [9.17, 15) is 0 Å². The van der Waals surface area contributed by atoms with Crippen molar-refractivity contribution in [1.82, 2.24) is 15.2 Å². The average Bonchev–Trinajstić information content (AvgIpc) is 2.38. The van der Waals surface area contributed by atoms with Crippen molar-refractivity contribution in [3.05, 3.63) is 30.1 Å². The normalized spacial score (nSPS) is 14.6. The number of nitrogens with zero attached hydrogens (tertiary/aromatic N) is 2. The molecule has 0 aliphatic rings. The quantitative estimate of drug-likeness (QED) is 0.742. The molecule has 0 aromatic carbocycles. The van der Waals surface area contributed by atoms with E-state index in [0.29, 0.717) is 5.41 Å². The van der Waals surface area contributed by atoms with Crippen LogP contribution in [0.4, 0.5) is 0 Å². The van der Waals surface area contributed by atoms with Gasteiger partial charge in [-0.05, 0) is 50.0 Å². The maximum atomic E-state index is 4.06. The molecule has 0 aliphatic heterocycles. The fraction of sp³-hybridized carbons (Fsp3) is 0.688. The van der Waals surface area contributed by atoms with Crippen molar-refractivity contribution in [2.75, 3.05) is 33.7 Å². The molecular weight excluding hydrogens is 234 g/mol. The molecule has 1 heterocycles. The smallest absolute Gasteiger partial charge is 0.0270 e. The van der Waals surface area contributed by atoms with Crippen LogP contribution in [0.1, 0.15) is 32.3 Å². The number of hydrogen-bond donors (Lipinski definition) is 1. The van der Waals surface area contributed by atoms with Gasteiger partial charge in [0.1, 0.15) is 0 Å². The molecule has 3 heteroatoms. The summed E-state index contributed by atoms with van der Waals surface area (Å²) in [7, 11) is 4.27. The van der Waals surface area contributed by atoms with E-state index >= 15 is 0 Å². The fourth-order valence-corrected chi connectivity index (χ4v) is 2.85. The Labute approximate surface area is 118 Å². The zero-order valence-corrected chi connectivity index (χ0v) is 12.9. The molecule has 1 unspecified atom stereocenters. The Bertz CT molecular complexity index is 331. The van der Waals surface area contributed by atoms with Gasteiger partial charge < -0.3 is 10.2 Å². The Hall–Kier alpha value is -0.930. The minimum atomic E-state index is 0.372.